The Morgan fingerprint density at radius 3 is 2.94 bits per heavy atom. The smallest absolute Gasteiger partial charge is 0.356 e. The van der Waals surface area contributed by atoms with Crippen LogP contribution in [0.3, 0.4) is 0 Å². The standard InChI is InChI=1S/C11H10ClN3O2S/c1-6-4-14-9(18-6)5-13-8-3-2-7(12)10(15-8)11(16)17/h2-4H,5H2,1H3,(H,13,15)(H,16,17). The van der Waals surface area contributed by atoms with E-state index in [2.05, 4.69) is 15.3 Å². The largest absolute Gasteiger partial charge is 0.476 e. The highest BCUT2D eigenvalue weighted by Crippen LogP contribution is 2.18. The maximum Gasteiger partial charge on any atom is 0.356 e. The van der Waals surface area contributed by atoms with E-state index < -0.39 is 5.97 Å². The molecule has 2 rings (SSSR count). The van der Waals surface area contributed by atoms with E-state index in [0.717, 1.165) is 9.88 Å². The molecule has 0 fully saturated rings. The summed E-state index contributed by atoms with van der Waals surface area (Å²) >= 11 is 7.31. The fourth-order valence-corrected chi connectivity index (χ4v) is 2.25. The van der Waals surface area contributed by atoms with Gasteiger partial charge in [-0.2, -0.15) is 0 Å². The van der Waals surface area contributed by atoms with Crippen molar-refractivity contribution >= 4 is 34.7 Å². The third-order valence-corrected chi connectivity index (χ3v) is 3.36. The van der Waals surface area contributed by atoms with Crippen LogP contribution in [0, 0.1) is 6.92 Å². The van der Waals surface area contributed by atoms with Crippen molar-refractivity contribution in [3.63, 3.8) is 0 Å². The Morgan fingerprint density at radius 1 is 1.56 bits per heavy atom. The van der Waals surface area contributed by atoms with Gasteiger partial charge in [-0.1, -0.05) is 11.6 Å². The van der Waals surface area contributed by atoms with Crippen molar-refractivity contribution in [2.24, 2.45) is 0 Å². The summed E-state index contributed by atoms with van der Waals surface area (Å²) in [6, 6.07) is 3.14. The van der Waals surface area contributed by atoms with Gasteiger partial charge in [0.15, 0.2) is 5.69 Å². The van der Waals surface area contributed by atoms with Gasteiger partial charge in [-0.25, -0.2) is 14.8 Å². The Kier molecular flexibility index (Phi) is 3.78. The van der Waals surface area contributed by atoms with Crippen LogP contribution in [0.2, 0.25) is 5.02 Å². The molecule has 0 amide bonds. The van der Waals surface area contributed by atoms with E-state index >= 15 is 0 Å². The molecule has 2 N–H and O–H groups in total. The van der Waals surface area contributed by atoms with Crippen LogP contribution in [-0.4, -0.2) is 21.0 Å². The van der Waals surface area contributed by atoms with Crippen molar-refractivity contribution in [2.75, 3.05) is 5.32 Å². The quantitative estimate of drug-likeness (QED) is 0.902. The van der Waals surface area contributed by atoms with Crippen LogP contribution < -0.4 is 5.32 Å². The molecule has 0 aliphatic heterocycles. The monoisotopic (exact) mass is 283 g/mol. The number of rotatable bonds is 4. The number of halogens is 1. The predicted molar refractivity (Wildman–Crippen MR) is 70.4 cm³/mol. The summed E-state index contributed by atoms with van der Waals surface area (Å²) in [7, 11) is 0. The van der Waals surface area contributed by atoms with Gasteiger partial charge in [0.25, 0.3) is 0 Å². The molecule has 0 bridgehead atoms. The number of hydrogen-bond acceptors (Lipinski definition) is 5. The van der Waals surface area contributed by atoms with Gasteiger partial charge in [-0.05, 0) is 19.1 Å². The van der Waals surface area contributed by atoms with Crippen LogP contribution in [0.1, 0.15) is 20.4 Å². The van der Waals surface area contributed by atoms with Gasteiger partial charge in [0, 0.05) is 11.1 Å². The molecule has 0 radical (unpaired) electrons. The number of hydrogen-bond donors (Lipinski definition) is 2. The number of aromatic carboxylic acids is 1. The molecule has 2 aromatic heterocycles. The number of carboxylic acid groups (broad SMARTS) is 1. The first-order chi connectivity index (χ1) is 8.56. The average molecular weight is 284 g/mol. The fraction of sp³-hybridized carbons (Fsp3) is 0.182. The number of aromatic nitrogens is 2. The Labute approximate surface area is 112 Å². The first-order valence-electron chi connectivity index (χ1n) is 5.11. The Morgan fingerprint density at radius 2 is 2.33 bits per heavy atom. The molecule has 0 aliphatic rings. The summed E-state index contributed by atoms with van der Waals surface area (Å²) in [4.78, 5) is 20.1. The fourth-order valence-electron chi connectivity index (χ4n) is 1.34. The molecule has 0 aromatic carbocycles. The first kappa shape index (κ1) is 12.8. The van der Waals surface area contributed by atoms with Crippen LogP contribution in [-0.2, 0) is 6.54 Å². The van der Waals surface area contributed by atoms with Crippen molar-refractivity contribution in [1.82, 2.24) is 9.97 Å². The SMILES string of the molecule is Cc1cnc(CNc2ccc(Cl)c(C(=O)O)n2)s1. The minimum atomic E-state index is -1.14. The van der Waals surface area contributed by atoms with Gasteiger partial charge in [-0.3, -0.25) is 0 Å². The first-order valence-corrected chi connectivity index (χ1v) is 6.30. The van der Waals surface area contributed by atoms with Crippen LogP contribution >= 0.6 is 22.9 Å². The van der Waals surface area contributed by atoms with Gasteiger partial charge in [0.2, 0.25) is 0 Å². The molecule has 0 saturated heterocycles. The lowest BCUT2D eigenvalue weighted by Gasteiger charge is -2.05. The van der Waals surface area contributed by atoms with E-state index in [0.29, 0.717) is 12.4 Å². The normalized spacial score (nSPS) is 10.3. The minimum Gasteiger partial charge on any atom is -0.476 e. The molecule has 94 valence electrons. The van der Waals surface area contributed by atoms with Crippen LogP contribution in [0.4, 0.5) is 5.82 Å². The second-order valence-corrected chi connectivity index (χ2v) is 5.28. The van der Waals surface area contributed by atoms with Gasteiger partial charge >= 0.3 is 5.97 Å². The number of aryl methyl sites for hydroxylation is 1. The number of thiazole rings is 1. The lowest BCUT2D eigenvalue weighted by Crippen LogP contribution is -2.06. The second-order valence-electron chi connectivity index (χ2n) is 3.55. The van der Waals surface area contributed by atoms with Crippen molar-refractivity contribution in [3.05, 3.63) is 38.9 Å². The lowest BCUT2D eigenvalue weighted by atomic mass is 10.3. The van der Waals surface area contributed by atoms with E-state index in [9.17, 15) is 4.79 Å². The molecule has 0 spiro atoms. The van der Waals surface area contributed by atoms with E-state index in [1.54, 1.807) is 23.6 Å². The number of nitrogens with zero attached hydrogens (tertiary/aromatic N) is 2. The molecule has 7 heteroatoms. The molecule has 0 saturated carbocycles. The van der Waals surface area contributed by atoms with Crippen LogP contribution in [0.15, 0.2) is 18.3 Å². The van der Waals surface area contributed by atoms with E-state index in [4.69, 9.17) is 16.7 Å². The average Bonchev–Trinajstić information content (AvgIpc) is 2.74. The highest BCUT2D eigenvalue weighted by molar-refractivity contribution is 7.11. The highest BCUT2D eigenvalue weighted by atomic mass is 35.5. The summed E-state index contributed by atoms with van der Waals surface area (Å²) in [5, 5.41) is 12.9. The topological polar surface area (TPSA) is 75.1 Å². The zero-order chi connectivity index (χ0) is 13.1. The van der Waals surface area contributed by atoms with Crippen molar-refractivity contribution in [3.8, 4) is 0 Å². The number of carboxylic acids is 1. The number of nitrogens with one attached hydrogen (secondary N) is 1. The second kappa shape index (κ2) is 5.32. The van der Waals surface area contributed by atoms with Gasteiger partial charge < -0.3 is 10.4 Å². The molecular formula is C11H10ClN3O2S. The minimum absolute atomic E-state index is 0.123. The zero-order valence-electron chi connectivity index (χ0n) is 9.48. The molecule has 2 aromatic rings. The van der Waals surface area contributed by atoms with Crippen molar-refractivity contribution in [2.45, 2.75) is 13.5 Å². The van der Waals surface area contributed by atoms with Crippen LogP contribution in [0.5, 0.6) is 0 Å². The zero-order valence-corrected chi connectivity index (χ0v) is 11.0. The molecule has 18 heavy (non-hydrogen) atoms. The van der Waals surface area contributed by atoms with E-state index in [1.807, 2.05) is 6.92 Å². The van der Waals surface area contributed by atoms with E-state index in [-0.39, 0.29) is 10.7 Å². The summed E-state index contributed by atoms with van der Waals surface area (Å²) in [5.41, 5.74) is -0.156. The number of carbonyl (C=O) groups is 1. The summed E-state index contributed by atoms with van der Waals surface area (Å²) in [6.45, 7) is 2.48. The molecule has 0 atom stereocenters. The Balaban J connectivity index is 2.10. The summed E-state index contributed by atoms with van der Waals surface area (Å²) in [5.74, 6) is -0.682. The van der Waals surface area contributed by atoms with Gasteiger partial charge in [-0.15, -0.1) is 11.3 Å². The van der Waals surface area contributed by atoms with Crippen molar-refractivity contribution < 1.29 is 9.90 Å². The van der Waals surface area contributed by atoms with E-state index in [1.165, 1.54) is 6.07 Å². The Bertz CT molecular complexity index is 585. The predicted octanol–water partition coefficient (Wildman–Crippen LogP) is 2.81. The molecule has 0 aliphatic carbocycles. The van der Waals surface area contributed by atoms with Gasteiger partial charge in [0.1, 0.15) is 10.8 Å². The van der Waals surface area contributed by atoms with Crippen LogP contribution in [0.25, 0.3) is 0 Å². The Hall–Kier alpha value is -1.66. The third kappa shape index (κ3) is 2.96. The number of anilines is 1. The number of pyridine rings is 1. The molecular weight excluding hydrogens is 274 g/mol. The van der Waals surface area contributed by atoms with Gasteiger partial charge in [0.05, 0.1) is 11.6 Å². The lowest BCUT2D eigenvalue weighted by molar-refractivity contribution is 0.0691. The maximum absolute atomic E-state index is 10.9. The molecule has 2 heterocycles. The van der Waals surface area contributed by atoms with Crippen molar-refractivity contribution in [1.29, 1.82) is 0 Å². The molecule has 5 nitrogen and oxygen atoms in total. The highest BCUT2D eigenvalue weighted by Gasteiger charge is 2.11. The summed E-state index contributed by atoms with van der Waals surface area (Å²) < 4.78 is 0. The molecule has 0 unspecified atom stereocenters. The third-order valence-electron chi connectivity index (χ3n) is 2.14. The maximum atomic E-state index is 10.9. The summed E-state index contributed by atoms with van der Waals surface area (Å²) in [6.07, 6.45) is 1.79.